The second-order valence-electron chi connectivity index (χ2n) is 6.95. The summed E-state index contributed by atoms with van der Waals surface area (Å²) >= 11 is 1.38. The van der Waals surface area contributed by atoms with Crippen LogP contribution in [-0.2, 0) is 16.4 Å². The molecule has 28 heavy (non-hydrogen) atoms. The Balaban J connectivity index is 1.87. The molecule has 5 rings (SSSR count). The average molecular weight is 411 g/mol. The molecule has 142 valence electrons. The first kappa shape index (κ1) is 17.5. The van der Waals surface area contributed by atoms with E-state index in [1.165, 1.54) is 15.3 Å². The van der Waals surface area contributed by atoms with Crippen LogP contribution in [-0.4, -0.2) is 22.6 Å². The molecule has 2 N–H and O–H groups in total. The minimum Gasteiger partial charge on any atom is -0.324 e. The van der Waals surface area contributed by atoms with Crippen LogP contribution in [0.1, 0.15) is 28.6 Å². The molecule has 0 saturated heterocycles. The van der Waals surface area contributed by atoms with Crippen LogP contribution < -0.4 is 5.73 Å². The Hall–Kier alpha value is -2.55. The summed E-state index contributed by atoms with van der Waals surface area (Å²) in [6.07, 6.45) is 1.72. The highest BCUT2D eigenvalue weighted by atomic mass is 32.2. The molecule has 2 aromatic carbocycles. The molecular weight excluding hydrogens is 392 g/mol. The summed E-state index contributed by atoms with van der Waals surface area (Å²) in [5.74, 6) is 0. The predicted octanol–water partition coefficient (Wildman–Crippen LogP) is 3.65. The van der Waals surface area contributed by atoms with Gasteiger partial charge in [0.1, 0.15) is 5.01 Å². The monoisotopic (exact) mass is 410 g/mol. The van der Waals surface area contributed by atoms with Gasteiger partial charge >= 0.3 is 0 Å². The third-order valence-corrected chi connectivity index (χ3v) is 7.82. The summed E-state index contributed by atoms with van der Waals surface area (Å²) < 4.78 is 28.5. The topological polar surface area (TPSA) is 90.9 Å². The highest BCUT2D eigenvalue weighted by Gasteiger charge is 2.29. The van der Waals surface area contributed by atoms with Gasteiger partial charge in [-0.05, 0) is 55.2 Å². The normalized spacial score (nSPS) is 16.6. The molecule has 2 heterocycles. The first-order chi connectivity index (χ1) is 13.5. The highest BCUT2D eigenvalue weighted by molar-refractivity contribution is 7.90. The van der Waals surface area contributed by atoms with Crippen molar-refractivity contribution in [3.63, 3.8) is 0 Å². The Bertz CT molecular complexity index is 1310. The number of rotatable bonds is 3. The van der Waals surface area contributed by atoms with Gasteiger partial charge in [0, 0.05) is 11.4 Å². The van der Waals surface area contributed by atoms with E-state index in [2.05, 4.69) is 10.2 Å². The van der Waals surface area contributed by atoms with E-state index < -0.39 is 10.0 Å². The average Bonchev–Trinajstić information content (AvgIpc) is 3.39. The molecule has 0 fully saturated rings. The molecule has 6 nitrogen and oxygen atoms in total. The lowest BCUT2D eigenvalue weighted by Crippen LogP contribution is -2.14. The highest BCUT2D eigenvalue weighted by Crippen LogP contribution is 2.40. The predicted molar refractivity (Wildman–Crippen MR) is 110 cm³/mol. The molecule has 1 atom stereocenters. The minimum atomic E-state index is -3.80. The van der Waals surface area contributed by atoms with Crippen molar-refractivity contribution in [3.05, 3.63) is 64.7 Å². The van der Waals surface area contributed by atoms with E-state index in [0.717, 1.165) is 34.4 Å². The Kier molecular flexibility index (Phi) is 3.90. The first-order valence-corrected chi connectivity index (χ1v) is 11.3. The summed E-state index contributed by atoms with van der Waals surface area (Å²) in [6, 6.07) is 14.2. The van der Waals surface area contributed by atoms with Crippen molar-refractivity contribution in [1.82, 2.24) is 14.2 Å². The Morgan fingerprint density at radius 1 is 1.14 bits per heavy atom. The van der Waals surface area contributed by atoms with Crippen LogP contribution in [0.5, 0.6) is 0 Å². The van der Waals surface area contributed by atoms with Crippen LogP contribution in [0.25, 0.3) is 21.6 Å². The first-order valence-electron chi connectivity index (χ1n) is 9.01. The maximum atomic E-state index is 13.6. The van der Waals surface area contributed by atoms with Gasteiger partial charge in [-0.25, -0.2) is 12.4 Å². The molecule has 0 spiro atoms. The lowest BCUT2D eigenvalue weighted by atomic mass is 10.0. The van der Waals surface area contributed by atoms with Gasteiger partial charge in [-0.3, -0.25) is 0 Å². The number of hydrogen-bond donors (Lipinski definition) is 1. The van der Waals surface area contributed by atoms with Crippen molar-refractivity contribution < 1.29 is 8.42 Å². The zero-order valence-corrected chi connectivity index (χ0v) is 16.8. The second kappa shape index (κ2) is 6.23. The van der Waals surface area contributed by atoms with Gasteiger partial charge < -0.3 is 5.73 Å². The van der Waals surface area contributed by atoms with E-state index >= 15 is 0 Å². The molecule has 4 aromatic rings. The van der Waals surface area contributed by atoms with Crippen molar-refractivity contribution in [2.45, 2.75) is 30.7 Å². The largest absolute Gasteiger partial charge is 0.324 e. The van der Waals surface area contributed by atoms with Gasteiger partial charge in [-0.1, -0.05) is 35.6 Å². The maximum Gasteiger partial charge on any atom is 0.268 e. The second-order valence-corrected chi connectivity index (χ2v) is 9.92. The number of aromatic nitrogens is 3. The quantitative estimate of drug-likeness (QED) is 0.557. The van der Waals surface area contributed by atoms with Gasteiger partial charge in [-0.2, -0.15) is 0 Å². The lowest BCUT2D eigenvalue weighted by molar-refractivity contribution is 0.589. The molecule has 0 aliphatic heterocycles. The maximum absolute atomic E-state index is 13.6. The molecule has 8 heteroatoms. The van der Waals surface area contributed by atoms with E-state index in [0.29, 0.717) is 16.2 Å². The number of fused-ring (bicyclic) bond motifs is 3. The molecular formula is C20H18N4O2S2. The molecule has 2 aromatic heterocycles. The van der Waals surface area contributed by atoms with Gasteiger partial charge in [0.15, 0.2) is 5.01 Å². The fraction of sp³-hybridized carbons (Fsp3) is 0.200. The molecule has 1 aliphatic carbocycles. The Morgan fingerprint density at radius 2 is 1.93 bits per heavy atom. The summed E-state index contributed by atoms with van der Waals surface area (Å²) in [7, 11) is -3.80. The van der Waals surface area contributed by atoms with Crippen molar-refractivity contribution in [2.24, 2.45) is 5.73 Å². The number of nitrogens with two attached hydrogens (primary N) is 1. The summed E-state index contributed by atoms with van der Waals surface area (Å²) in [5, 5.41) is 10.6. The number of hydrogen-bond acceptors (Lipinski definition) is 6. The van der Waals surface area contributed by atoms with Crippen LogP contribution in [0.2, 0.25) is 0 Å². The fourth-order valence-electron chi connectivity index (χ4n) is 3.92. The third kappa shape index (κ3) is 2.52. The van der Waals surface area contributed by atoms with Crippen molar-refractivity contribution >= 4 is 32.3 Å². The summed E-state index contributed by atoms with van der Waals surface area (Å²) in [5.41, 5.74) is 9.65. The van der Waals surface area contributed by atoms with Crippen molar-refractivity contribution in [2.75, 3.05) is 0 Å². The van der Waals surface area contributed by atoms with Gasteiger partial charge in [0.25, 0.3) is 10.0 Å². The zero-order chi connectivity index (χ0) is 19.5. The molecule has 0 saturated carbocycles. The summed E-state index contributed by atoms with van der Waals surface area (Å²) in [6.45, 7) is 1.86. The smallest absolute Gasteiger partial charge is 0.268 e. The van der Waals surface area contributed by atoms with Crippen molar-refractivity contribution in [3.8, 4) is 10.7 Å². The summed E-state index contributed by atoms with van der Waals surface area (Å²) in [4.78, 5) is 0.243. The van der Waals surface area contributed by atoms with Crippen LogP contribution in [0.15, 0.2) is 53.4 Å². The van der Waals surface area contributed by atoms with E-state index in [1.54, 1.807) is 30.3 Å². The van der Waals surface area contributed by atoms with Gasteiger partial charge in [-0.15, -0.1) is 10.2 Å². The van der Waals surface area contributed by atoms with E-state index in [-0.39, 0.29) is 10.9 Å². The fourth-order valence-corrected chi connectivity index (χ4v) is 6.20. The number of aryl methyl sites for hydroxylation is 2. The van der Waals surface area contributed by atoms with Crippen molar-refractivity contribution in [1.29, 1.82) is 0 Å². The number of nitrogens with zero attached hydrogens (tertiary/aromatic N) is 3. The van der Waals surface area contributed by atoms with Gasteiger partial charge in [0.05, 0.1) is 16.1 Å². The lowest BCUT2D eigenvalue weighted by Gasteiger charge is -2.11. The molecule has 0 unspecified atom stereocenters. The van der Waals surface area contributed by atoms with Crippen LogP contribution >= 0.6 is 11.3 Å². The van der Waals surface area contributed by atoms with Gasteiger partial charge in [0.2, 0.25) is 0 Å². The van der Waals surface area contributed by atoms with Crippen LogP contribution in [0, 0.1) is 6.92 Å². The standard InChI is InChI=1S/C20H18N4O2S2/c1-12-22-23-20(27-12)19-11-16-14-7-9-17(21)15(14)8-10-18(16)24(19)28(25,26)13-5-3-2-4-6-13/h2-6,8,10-11,17H,7,9,21H2,1H3/t17-/m1/s1. The Labute approximate surface area is 166 Å². The van der Waals surface area contributed by atoms with E-state index in [1.807, 2.05) is 25.1 Å². The van der Waals surface area contributed by atoms with E-state index in [9.17, 15) is 8.42 Å². The Morgan fingerprint density at radius 3 is 2.64 bits per heavy atom. The zero-order valence-electron chi connectivity index (χ0n) is 15.2. The third-order valence-electron chi connectivity index (χ3n) is 5.22. The van der Waals surface area contributed by atoms with Crippen LogP contribution in [0.3, 0.4) is 0 Å². The SMILES string of the molecule is Cc1nnc(-c2cc3c4c(ccc3n2S(=O)(=O)c2ccccc2)[C@H](N)CC4)s1. The molecule has 0 bridgehead atoms. The number of benzene rings is 2. The molecule has 1 aliphatic rings. The molecule has 0 amide bonds. The van der Waals surface area contributed by atoms with Crippen LogP contribution in [0.4, 0.5) is 0 Å². The molecule has 0 radical (unpaired) electrons. The van der Waals surface area contributed by atoms with E-state index in [4.69, 9.17) is 5.73 Å². The minimum absolute atomic E-state index is 0.000652.